The van der Waals surface area contributed by atoms with E-state index in [4.69, 9.17) is 9.47 Å². The highest BCUT2D eigenvalue weighted by Crippen LogP contribution is 2.36. The number of nitrogens with zero attached hydrogens (tertiary/aromatic N) is 2. The zero-order chi connectivity index (χ0) is 24.7. The van der Waals surface area contributed by atoms with E-state index in [1.807, 2.05) is 0 Å². The summed E-state index contributed by atoms with van der Waals surface area (Å²) in [6, 6.07) is 5.30. The number of nitrogens with one attached hydrogen (secondary N) is 1. The number of alkyl halides is 2. The monoisotopic (exact) mass is 469 g/mol. The molecule has 1 amide bonds. The summed E-state index contributed by atoms with van der Waals surface area (Å²) in [5, 5.41) is 24.4. The maximum Gasteiger partial charge on any atom is 0.387 e. The summed E-state index contributed by atoms with van der Waals surface area (Å²) in [6.45, 7) is -2.62. The van der Waals surface area contributed by atoms with Crippen LogP contribution in [0.5, 0.6) is 11.5 Å². The first kappa shape index (κ1) is 24.9. The number of benzene rings is 2. The molecule has 0 aliphatic heterocycles. The molecule has 0 saturated carbocycles. The van der Waals surface area contributed by atoms with E-state index in [0.717, 1.165) is 19.2 Å². The number of hydrogen-bond acceptors (Lipinski definition) is 9. The van der Waals surface area contributed by atoms with Crippen LogP contribution in [0.3, 0.4) is 0 Å². The Bertz CT molecular complexity index is 1080. The summed E-state index contributed by atoms with van der Waals surface area (Å²) in [5.74, 6) is -2.59. The predicted octanol–water partition coefficient (Wildman–Crippen LogP) is 2.97. The number of nitro groups is 2. The first-order chi connectivity index (χ1) is 15.5. The highest BCUT2D eigenvalue weighted by molar-refractivity contribution is 5.97. The lowest BCUT2D eigenvalue weighted by Crippen LogP contribution is -2.39. The molecule has 33 heavy (non-hydrogen) atoms. The third kappa shape index (κ3) is 6.56. The molecule has 0 spiro atoms. The standard InChI is InChI=1S/C19H17F2N3O9/c1-10(22-17(25)11-4-3-5-13(6-11)23(27)28)18(26)32-9-12-7-15(31-2)16(33-19(20)21)8-14(12)24(29)30/h3-8,10,19H,9H2,1-2H3,(H,22,25)/t10-/m0/s1. The predicted molar refractivity (Wildman–Crippen MR) is 106 cm³/mol. The Morgan fingerprint density at radius 1 is 1.09 bits per heavy atom. The van der Waals surface area contributed by atoms with Crippen molar-refractivity contribution in [1.29, 1.82) is 0 Å². The number of esters is 1. The Morgan fingerprint density at radius 3 is 2.36 bits per heavy atom. The molecule has 0 radical (unpaired) electrons. The average Bonchev–Trinajstić information content (AvgIpc) is 2.76. The van der Waals surface area contributed by atoms with E-state index >= 15 is 0 Å². The fourth-order valence-electron chi connectivity index (χ4n) is 2.60. The molecule has 1 N–H and O–H groups in total. The van der Waals surface area contributed by atoms with E-state index in [0.29, 0.717) is 6.07 Å². The average molecular weight is 469 g/mol. The van der Waals surface area contributed by atoms with Crippen LogP contribution >= 0.6 is 0 Å². The van der Waals surface area contributed by atoms with Crippen LogP contribution in [-0.4, -0.2) is 41.5 Å². The third-order valence-electron chi connectivity index (χ3n) is 4.17. The lowest BCUT2D eigenvalue weighted by Gasteiger charge is -2.15. The minimum Gasteiger partial charge on any atom is -0.493 e. The lowest BCUT2D eigenvalue weighted by atomic mass is 10.1. The first-order valence-electron chi connectivity index (χ1n) is 9.05. The van der Waals surface area contributed by atoms with Crippen molar-refractivity contribution in [2.75, 3.05) is 7.11 Å². The zero-order valence-electron chi connectivity index (χ0n) is 17.2. The Balaban J connectivity index is 2.11. The van der Waals surface area contributed by atoms with E-state index in [9.17, 15) is 38.6 Å². The molecule has 2 aromatic rings. The summed E-state index contributed by atoms with van der Waals surface area (Å²) in [5.41, 5.74) is -1.23. The van der Waals surface area contributed by atoms with Crippen molar-refractivity contribution < 1.29 is 42.4 Å². The summed E-state index contributed by atoms with van der Waals surface area (Å²) in [4.78, 5) is 45.0. The number of rotatable bonds is 10. The van der Waals surface area contributed by atoms with Gasteiger partial charge in [0.15, 0.2) is 11.5 Å². The van der Waals surface area contributed by atoms with Gasteiger partial charge in [0.25, 0.3) is 17.3 Å². The smallest absolute Gasteiger partial charge is 0.387 e. The maximum atomic E-state index is 12.5. The number of carbonyl (C=O) groups is 2. The molecular weight excluding hydrogens is 452 g/mol. The van der Waals surface area contributed by atoms with Gasteiger partial charge in [-0.25, -0.2) is 4.79 Å². The van der Waals surface area contributed by atoms with Crippen molar-refractivity contribution in [3.05, 3.63) is 67.8 Å². The molecule has 0 unspecified atom stereocenters. The molecule has 0 saturated heterocycles. The van der Waals surface area contributed by atoms with Crippen molar-refractivity contribution in [1.82, 2.24) is 5.32 Å². The van der Waals surface area contributed by atoms with Crippen LogP contribution in [0.4, 0.5) is 20.2 Å². The molecule has 0 aromatic heterocycles. The Morgan fingerprint density at radius 2 is 1.79 bits per heavy atom. The molecule has 1 atom stereocenters. The van der Waals surface area contributed by atoms with Gasteiger partial charge in [-0.1, -0.05) is 6.07 Å². The number of methoxy groups -OCH3 is 1. The highest BCUT2D eigenvalue weighted by Gasteiger charge is 2.24. The number of ether oxygens (including phenoxy) is 3. The van der Waals surface area contributed by atoms with Gasteiger partial charge in [0, 0.05) is 17.7 Å². The number of halogens is 2. The second-order valence-corrected chi connectivity index (χ2v) is 6.38. The summed E-state index contributed by atoms with van der Waals surface area (Å²) in [6.07, 6.45) is 0. The quantitative estimate of drug-likeness (QED) is 0.313. The van der Waals surface area contributed by atoms with E-state index in [1.54, 1.807) is 0 Å². The van der Waals surface area contributed by atoms with Crippen molar-refractivity contribution in [2.45, 2.75) is 26.2 Å². The molecule has 176 valence electrons. The normalized spacial score (nSPS) is 11.4. The van der Waals surface area contributed by atoms with Gasteiger partial charge < -0.3 is 19.5 Å². The van der Waals surface area contributed by atoms with Crippen LogP contribution in [0.25, 0.3) is 0 Å². The number of amides is 1. The fourth-order valence-corrected chi connectivity index (χ4v) is 2.60. The van der Waals surface area contributed by atoms with Crippen LogP contribution in [0, 0.1) is 20.2 Å². The Kier molecular flexibility index (Phi) is 8.14. The molecule has 0 aliphatic rings. The van der Waals surface area contributed by atoms with Crippen molar-refractivity contribution >= 4 is 23.3 Å². The second kappa shape index (κ2) is 10.8. The van der Waals surface area contributed by atoms with Crippen molar-refractivity contribution in [3.8, 4) is 11.5 Å². The van der Waals surface area contributed by atoms with Crippen LogP contribution in [0.15, 0.2) is 36.4 Å². The Labute approximate surface area is 184 Å². The van der Waals surface area contributed by atoms with Crippen molar-refractivity contribution in [3.63, 3.8) is 0 Å². The van der Waals surface area contributed by atoms with E-state index in [1.165, 1.54) is 25.1 Å². The molecular formula is C19H17F2N3O9. The van der Waals surface area contributed by atoms with E-state index in [-0.39, 0.29) is 22.6 Å². The molecule has 2 aromatic carbocycles. The summed E-state index contributed by atoms with van der Waals surface area (Å²) < 4.78 is 39.1. The molecule has 0 fully saturated rings. The van der Waals surface area contributed by atoms with Crippen LogP contribution < -0.4 is 14.8 Å². The zero-order valence-corrected chi connectivity index (χ0v) is 17.2. The van der Waals surface area contributed by atoms with Gasteiger partial charge in [-0.05, 0) is 19.1 Å². The van der Waals surface area contributed by atoms with Crippen molar-refractivity contribution in [2.24, 2.45) is 0 Å². The topological polar surface area (TPSA) is 160 Å². The molecule has 2 rings (SSSR count). The molecule has 12 nitrogen and oxygen atoms in total. The van der Waals surface area contributed by atoms with E-state index < -0.39 is 52.4 Å². The highest BCUT2D eigenvalue weighted by atomic mass is 19.3. The van der Waals surface area contributed by atoms with Gasteiger partial charge >= 0.3 is 12.6 Å². The van der Waals surface area contributed by atoms with Gasteiger partial charge in [-0.2, -0.15) is 8.78 Å². The molecule has 0 heterocycles. The van der Waals surface area contributed by atoms with E-state index in [2.05, 4.69) is 10.1 Å². The largest absolute Gasteiger partial charge is 0.493 e. The fraction of sp³-hybridized carbons (Fsp3) is 0.263. The Hall–Kier alpha value is -4.36. The van der Waals surface area contributed by atoms with Gasteiger partial charge in [0.1, 0.15) is 12.6 Å². The third-order valence-corrected chi connectivity index (χ3v) is 4.17. The molecule has 14 heteroatoms. The van der Waals surface area contributed by atoms with Gasteiger partial charge in [0.2, 0.25) is 0 Å². The summed E-state index contributed by atoms with van der Waals surface area (Å²) >= 11 is 0. The minimum absolute atomic E-state index is 0.0705. The molecule has 0 bridgehead atoms. The SMILES string of the molecule is COc1cc(COC(=O)[C@H](C)NC(=O)c2cccc([N+](=O)[O-])c2)c([N+](=O)[O-])cc1OC(F)F. The number of hydrogen-bond donors (Lipinski definition) is 1. The second-order valence-electron chi connectivity index (χ2n) is 6.38. The first-order valence-corrected chi connectivity index (χ1v) is 9.05. The van der Waals surface area contributed by atoms with Crippen LogP contribution in [0.2, 0.25) is 0 Å². The van der Waals surface area contributed by atoms with Gasteiger partial charge in [-0.3, -0.25) is 25.0 Å². The number of non-ortho nitro benzene ring substituents is 1. The van der Waals surface area contributed by atoms with Crippen LogP contribution in [-0.2, 0) is 16.1 Å². The number of carbonyl (C=O) groups excluding carboxylic acids is 2. The van der Waals surface area contributed by atoms with Gasteiger partial charge in [0.05, 0.1) is 28.6 Å². The lowest BCUT2D eigenvalue weighted by molar-refractivity contribution is -0.386. The summed E-state index contributed by atoms with van der Waals surface area (Å²) in [7, 11) is 1.13. The minimum atomic E-state index is -3.25. The van der Waals surface area contributed by atoms with Gasteiger partial charge in [-0.15, -0.1) is 0 Å². The molecule has 0 aliphatic carbocycles. The maximum absolute atomic E-state index is 12.5. The number of nitro benzene ring substituents is 2. The van der Waals surface area contributed by atoms with Crippen LogP contribution in [0.1, 0.15) is 22.8 Å².